The Morgan fingerprint density at radius 3 is 2.53 bits per heavy atom. The molecule has 7 nitrogen and oxygen atoms in total. The lowest BCUT2D eigenvalue weighted by molar-refractivity contribution is -0.150. The number of carbonyl (C=O) groups excluding carboxylic acids is 2. The van der Waals surface area contributed by atoms with E-state index in [1.165, 1.54) is 19.1 Å². The van der Waals surface area contributed by atoms with Gasteiger partial charge in [0.05, 0.1) is 19.3 Å². The van der Waals surface area contributed by atoms with Gasteiger partial charge in [0.1, 0.15) is 10.9 Å². The number of benzene rings is 2. The van der Waals surface area contributed by atoms with Crippen molar-refractivity contribution in [3.05, 3.63) is 87.2 Å². The highest BCUT2D eigenvalue weighted by atomic mass is 35.5. The Hall–Kier alpha value is -3.29. The molecule has 0 saturated heterocycles. The smallest absolute Gasteiger partial charge is 0.331 e. The summed E-state index contributed by atoms with van der Waals surface area (Å²) in [6.07, 6.45) is 1.79. The minimum Gasteiger partial charge on any atom is -0.497 e. The summed E-state index contributed by atoms with van der Waals surface area (Å²) < 4.78 is 11.9. The van der Waals surface area contributed by atoms with Crippen LogP contribution in [0.1, 0.15) is 29.3 Å². The Morgan fingerprint density at radius 1 is 1.15 bits per heavy atom. The predicted molar refractivity (Wildman–Crippen MR) is 132 cm³/mol. The van der Waals surface area contributed by atoms with Crippen LogP contribution in [0.4, 0.5) is 0 Å². The van der Waals surface area contributed by atoms with Crippen LogP contribution in [0.3, 0.4) is 0 Å². The topological polar surface area (TPSA) is 82.4 Å². The maximum Gasteiger partial charge on any atom is 0.331 e. The molecule has 0 saturated carbocycles. The number of rotatable bonds is 9. The second-order valence-corrected chi connectivity index (χ2v) is 8.28. The van der Waals surface area contributed by atoms with E-state index in [-0.39, 0.29) is 0 Å². The Bertz CT molecular complexity index is 1190. The van der Waals surface area contributed by atoms with E-state index in [0.29, 0.717) is 34.5 Å². The summed E-state index contributed by atoms with van der Waals surface area (Å²) in [4.78, 5) is 24.5. The van der Waals surface area contributed by atoms with E-state index in [1.54, 1.807) is 36.9 Å². The highest BCUT2D eigenvalue weighted by Crippen LogP contribution is 2.24. The molecule has 1 N–H and O–H groups in total. The van der Waals surface area contributed by atoms with Crippen molar-refractivity contribution in [3.63, 3.8) is 0 Å². The number of aryl methyl sites for hydroxylation is 1. The van der Waals surface area contributed by atoms with E-state index in [4.69, 9.17) is 32.7 Å². The largest absolute Gasteiger partial charge is 0.497 e. The molecule has 9 heteroatoms. The van der Waals surface area contributed by atoms with Crippen molar-refractivity contribution in [1.82, 2.24) is 15.1 Å². The first-order chi connectivity index (χ1) is 16.3. The average Bonchev–Trinajstić information content (AvgIpc) is 3.09. The van der Waals surface area contributed by atoms with Crippen molar-refractivity contribution < 1.29 is 19.1 Å². The van der Waals surface area contributed by atoms with Gasteiger partial charge in [0.15, 0.2) is 6.10 Å². The first kappa shape index (κ1) is 25.3. The van der Waals surface area contributed by atoms with Gasteiger partial charge in [-0.3, -0.25) is 4.79 Å². The second kappa shape index (κ2) is 11.7. The van der Waals surface area contributed by atoms with E-state index >= 15 is 0 Å². The van der Waals surface area contributed by atoms with E-state index in [0.717, 1.165) is 16.9 Å². The minimum absolute atomic E-state index is 0.306. The van der Waals surface area contributed by atoms with Gasteiger partial charge in [-0.1, -0.05) is 53.5 Å². The standard InChI is InChI=1S/C25H25Cl2N3O4/c1-16-21(24(27)30(29-16)15-19-6-4-5-7-22(19)26)12-13-23(31)34-17(2)25(32)28-14-18-8-10-20(33-3)11-9-18/h4-13,17H,14-15H2,1-3H3,(H,28,32)/b13-12+. The van der Waals surface area contributed by atoms with Gasteiger partial charge in [-0.2, -0.15) is 5.10 Å². The minimum atomic E-state index is -0.963. The highest BCUT2D eigenvalue weighted by Gasteiger charge is 2.17. The van der Waals surface area contributed by atoms with Gasteiger partial charge < -0.3 is 14.8 Å². The summed E-state index contributed by atoms with van der Waals surface area (Å²) in [5.74, 6) is -0.338. The molecule has 1 atom stereocenters. The third-order valence-electron chi connectivity index (χ3n) is 5.06. The Morgan fingerprint density at radius 2 is 1.85 bits per heavy atom. The number of halogens is 2. The fourth-order valence-electron chi connectivity index (χ4n) is 3.14. The van der Waals surface area contributed by atoms with Crippen molar-refractivity contribution in [2.75, 3.05) is 7.11 Å². The van der Waals surface area contributed by atoms with Gasteiger partial charge in [0.25, 0.3) is 5.91 Å². The number of hydrogen-bond acceptors (Lipinski definition) is 5. The predicted octanol–water partition coefficient (Wildman–Crippen LogP) is 4.82. The molecule has 34 heavy (non-hydrogen) atoms. The molecule has 3 rings (SSSR count). The van der Waals surface area contributed by atoms with Gasteiger partial charge in [-0.05, 0) is 49.2 Å². The number of aromatic nitrogens is 2. The lowest BCUT2D eigenvalue weighted by Crippen LogP contribution is -2.35. The van der Waals surface area contributed by atoms with Crippen LogP contribution in [0.15, 0.2) is 54.6 Å². The van der Waals surface area contributed by atoms with Crippen LogP contribution in [0, 0.1) is 6.92 Å². The van der Waals surface area contributed by atoms with Crippen LogP contribution in [-0.2, 0) is 27.4 Å². The van der Waals surface area contributed by atoms with Crippen LogP contribution in [0.2, 0.25) is 10.2 Å². The Balaban J connectivity index is 1.56. The van der Waals surface area contributed by atoms with Crippen LogP contribution >= 0.6 is 23.2 Å². The summed E-state index contributed by atoms with van der Waals surface area (Å²) >= 11 is 12.7. The van der Waals surface area contributed by atoms with Crippen LogP contribution in [0.5, 0.6) is 5.75 Å². The van der Waals surface area contributed by atoms with Crippen molar-refractivity contribution in [2.45, 2.75) is 33.0 Å². The van der Waals surface area contributed by atoms with Gasteiger partial charge in [0, 0.05) is 23.2 Å². The highest BCUT2D eigenvalue weighted by molar-refractivity contribution is 6.32. The zero-order valence-electron chi connectivity index (χ0n) is 19.0. The number of hydrogen-bond donors (Lipinski definition) is 1. The Labute approximate surface area is 208 Å². The number of methoxy groups -OCH3 is 1. The molecule has 0 radical (unpaired) electrons. The molecule has 178 valence electrons. The van der Waals surface area contributed by atoms with Crippen LogP contribution in [0.25, 0.3) is 6.08 Å². The molecule has 3 aromatic rings. The van der Waals surface area contributed by atoms with Gasteiger partial charge in [-0.25, -0.2) is 9.48 Å². The molecule has 0 spiro atoms. The normalized spacial score (nSPS) is 11.9. The summed E-state index contributed by atoms with van der Waals surface area (Å²) in [6, 6.07) is 14.7. The zero-order valence-corrected chi connectivity index (χ0v) is 20.6. The number of amides is 1. The fraction of sp³-hybridized carbons (Fsp3) is 0.240. The molecule has 0 bridgehead atoms. The third-order valence-corrected chi connectivity index (χ3v) is 5.83. The fourth-order valence-corrected chi connectivity index (χ4v) is 3.64. The summed E-state index contributed by atoms with van der Waals surface area (Å²) in [7, 11) is 1.59. The Kier molecular flexibility index (Phi) is 8.73. The van der Waals surface area contributed by atoms with Gasteiger partial charge >= 0.3 is 5.97 Å². The third kappa shape index (κ3) is 6.62. The summed E-state index contributed by atoms with van der Waals surface area (Å²) in [5, 5.41) is 8.15. The number of ether oxygens (including phenoxy) is 2. The number of nitrogens with one attached hydrogen (secondary N) is 1. The SMILES string of the molecule is COc1ccc(CNC(=O)C(C)OC(=O)/C=C/c2c(C)nn(Cc3ccccc3Cl)c2Cl)cc1. The van der Waals surface area contributed by atoms with Crippen LogP contribution < -0.4 is 10.1 Å². The van der Waals surface area contributed by atoms with E-state index in [2.05, 4.69) is 10.4 Å². The van der Waals surface area contributed by atoms with Gasteiger partial charge in [0.2, 0.25) is 0 Å². The number of carbonyl (C=O) groups is 2. The van der Waals surface area contributed by atoms with Crippen LogP contribution in [-0.4, -0.2) is 34.9 Å². The first-order valence-electron chi connectivity index (χ1n) is 10.5. The summed E-state index contributed by atoms with van der Waals surface area (Å²) in [6.45, 7) is 3.99. The van der Waals surface area contributed by atoms with Crippen molar-refractivity contribution in [2.24, 2.45) is 0 Å². The maximum atomic E-state index is 12.3. The monoisotopic (exact) mass is 501 g/mol. The molecule has 0 aliphatic rings. The lowest BCUT2D eigenvalue weighted by Gasteiger charge is -2.12. The molecular weight excluding hydrogens is 477 g/mol. The summed E-state index contributed by atoms with van der Waals surface area (Å²) in [5.41, 5.74) is 3.00. The number of nitrogens with zero attached hydrogens (tertiary/aromatic N) is 2. The molecular formula is C25H25Cl2N3O4. The molecule has 1 unspecified atom stereocenters. The molecule has 0 fully saturated rings. The molecule has 2 aromatic carbocycles. The van der Waals surface area contributed by atoms with E-state index in [9.17, 15) is 9.59 Å². The molecule has 1 heterocycles. The lowest BCUT2D eigenvalue weighted by atomic mass is 10.2. The second-order valence-electron chi connectivity index (χ2n) is 7.52. The molecule has 1 aromatic heterocycles. The zero-order chi connectivity index (χ0) is 24.7. The van der Waals surface area contributed by atoms with Crippen molar-refractivity contribution in [1.29, 1.82) is 0 Å². The molecule has 1 amide bonds. The average molecular weight is 502 g/mol. The number of esters is 1. The van der Waals surface area contributed by atoms with E-state index in [1.807, 2.05) is 30.3 Å². The van der Waals surface area contributed by atoms with Crippen molar-refractivity contribution >= 4 is 41.2 Å². The first-order valence-corrected chi connectivity index (χ1v) is 11.3. The quantitative estimate of drug-likeness (QED) is 0.335. The van der Waals surface area contributed by atoms with Gasteiger partial charge in [-0.15, -0.1) is 0 Å². The maximum absolute atomic E-state index is 12.3. The molecule has 0 aliphatic carbocycles. The van der Waals surface area contributed by atoms with E-state index < -0.39 is 18.0 Å². The molecule has 0 aliphatic heterocycles. The van der Waals surface area contributed by atoms with Crippen molar-refractivity contribution in [3.8, 4) is 5.75 Å².